The zero-order chi connectivity index (χ0) is 20.5. The molecule has 0 fully saturated rings. The summed E-state index contributed by atoms with van der Waals surface area (Å²) in [5.41, 5.74) is 4.74. The predicted octanol–water partition coefficient (Wildman–Crippen LogP) is 6.32. The first-order chi connectivity index (χ1) is 14.1. The van der Waals surface area contributed by atoms with Crippen LogP contribution in [0.15, 0.2) is 66.7 Å². The highest BCUT2D eigenvalue weighted by Gasteiger charge is 2.25. The molecule has 0 unspecified atom stereocenters. The van der Waals surface area contributed by atoms with Crippen LogP contribution >= 0.6 is 0 Å². The molecule has 0 amide bonds. The van der Waals surface area contributed by atoms with Crippen LogP contribution in [0.25, 0.3) is 37.9 Å². The van der Waals surface area contributed by atoms with Crippen molar-refractivity contribution in [1.29, 1.82) is 0 Å². The number of hydrogen-bond donors (Lipinski definition) is 1. The van der Waals surface area contributed by atoms with Crippen molar-refractivity contribution in [3.63, 3.8) is 0 Å². The van der Waals surface area contributed by atoms with Gasteiger partial charge in [0.25, 0.3) is 0 Å². The zero-order valence-corrected chi connectivity index (χ0v) is 16.3. The van der Waals surface area contributed by atoms with Crippen LogP contribution in [0.4, 0.5) is 5.69 Å². The highest BCUT2D eigenvalue weighted by molar-refractivity contribution is 6.01. The summed E-state index contributed by atoms with van der Waals surface area (Å²) in [6, 6.07) is 22.3. The third kappa shape index (κ3) is 2.97. The molecule has 29 heavy (non-hydrogen) atoms. The number of nitrogens with zero attached hydrogens (tertiary/aromatic N) is 2. The van der Waals surface area contributed by atoms with Gasteiger partial charge < -0.3 is 9.67 Å². The van der Waals surface area contributed by atoms with Gasteiger partial charge in [0.05, 0.1) is 6.57 Å². The van der Waals surface area contributed by atoms with E-state index in [-0.39, 0.29) is 5.69 Å². The van der Waals surface area contributed by atoms with Gasteiger partial charge in [-0.05, 0) is 33.9 Å². The molecule has 0 aliphatic rings. The Hall–Kier alpha value is -3.84. The van der Waals surface area contributed by atoms with Gasteiger partial charge in [-0.15, -0.1) is 0 Å². The number of rotatable bonds is 4. The summed E-state index contributed by atoms with van der Waals surface area (Å²) in [5.74, 6) is -1.02. The van der Waals surface area contributed by atoms with Crippen LogP contribution in [-0.4, -0.2) is 15.6 Å². The Balaban J connectivity index is 1.88. The van der Waals surface area contributed by atoms with Gasteiger partial charge in [-0.25, -0.2) is 9.64 Å². The van der Waals surface area contributed by atoms with Crippen molar-refractivity contribution >= 4 is 22.4 Å². The van der Waals surface area contributed by atoms with Gasteiger partial charge in [-0.3, -0.25) is 0 Å². The van der Waals surface area contributed by atoms with Gasteiger partial charge in [0.15, 0.2) is 0 Å². The fourth-order valence-electron chi connectivity index (χ4n) is 4.06. The molecule has 0 bridgehead atoms. The molecule has 0 radical (unpaired) electrons. The Labute approximate surface area is 169 Å². The Morgan fingerprint density at radius 1 is 1.00 bits per heavy atom. The minimum Gasteiger partial charge on any atom is -0.477 e. The molecule has 0 atom stereocenters. The summed E-state index contributed by atoms with van der Waals surface area (Å²) in [6.45, 7) is 9.55. The number of carbonyl (C=O) groups is 1. The van der Waals surface area contributed by atoms with E-state index in [0.717, 1.165) is 22.4 Å². The molecule has 4 aromatic rings. The highest BCUT2D eigenvalue weighted by Crippen LogP contribution is 2.40. The molecule has 0 spiro atoms. The number of hydrogen-bond acceptors (Lipinski definition) is 1. The maximum absolute atomic E-state index is 11.9. The van der Waals surface area contributed by atoms with E-state index in [1.807, 2.05) is 49.4 Å². The van der Waals surface area contributed by atoms with Gasteiger partial charge in [0.1, 0.15) is 5.69 Å². The molecule has 142 valence electrons. The van der Waals surface area contributed by atoms with E-state index < -0.39 is 5.97 Å². The van der Waals surface area contributed by atoms with E-state index in [1.54, 1.807) is 11.6 Å². The Morgan fingerprint density at radius 3 is 2.31 bits per heavy atom. The predicted molar refractivity (Wildman–Crippen MR) is 116 cm³/mol. The Kier molecular flexibility index (Phi) is 4.66. The second kappa shape index (κ2) is 7.29. The van der Waals surface area contributed by atoms with Crippen molar-refractivity contribution in [3.05, 3.63) is 89.5 Å². The summed E-state index contributed by atoms with van der Waals surface area (Å²) in [5, 5.41) is 12.1. The molecule has 1 N–H and O–H groups in total. The normalized spacial score (nSPS) is 10.8. The van der Waals surface area contributed by atoms with Crippen molar-refractivity contribution < 1.29 is 9.90 Å². The minimum atomic E-state index is -1.02. The van der Waals surface area contributed by atoms with Gasteiger partial charge in [0.2, 0.25) is 5.69 Å². The lowest BCUT2D eigenvalue weighted by atomic mass is 9.95. The molecular formula is C25H20N2O2. The molecule has 0 aliphatic heterocycles. The second-order valence-electron chi connectivity index (χ2n) is 6.95. The van der Waals surface area contributed by atoms with E-state index in [4.69, 9.17) is 6.57 Å². The van der Waals surface area contributed by atoms with Crippen molar-refractivity contribution in [2.24, 2.45) is 7.05 Å². The van der Waals surface area contributed by atoms with E-state index in [0.29, 0.717) is 17.7 Å². The number of carboxylic acid groups (broad SMARTS) is 1. The van der Waals surface area contributed by atoms with E-state index >= 15 is 0 Å². The van der Waals surface area contributed by atoms with Crippen LogP contribution in [0, 0.1) is 6.57 Å². The van der Waals surface area contributed by atoms with Crippen LogP contribution in [-0.2, 0) is 13.5 Å². The quantitative estimate of drug-likeness (QED) is 0.421. The summed E-state index contributed by atoms with van der Waals surface area (Å²) in [4.78, 5) is 15.6. The van der Waals surface area contributed by atoms with Crippen LogP contribution < -0.4 is 0 Å². The lowest BCUT2D eigenvalue weighted by Crippen LogP contribution is -2.07. The highest BCUT2D eigenvalue weighted by atomic mass is 16.4. The van der Waals surface area contributed by atoms with Gasteiger partial charge in [-0.1, -0.05) is 73.7 Å². The van der Waals surface area contributed by atoms with Crippen molar-refractivity contribution in [1.82, 2.24) is 4.57 Å². The number of carboxylic acids is 1. The summed E-state index contributed by atoms with van der Waals surface area (Å²) < 4.78 is 1.63. The monoisotopic (exact) mass is 380 g/mol. The molecular weight excluding hydrogens is 360 g/mol. The topological polar surface area (TPSA) is 46.6 Å². The summed E-state index contributed by atoms with van der Waals surface area (Å²) in [6.07, 6.45) is 0.600. The zero-order valence-electron chi connectivity index (χ0n) is 16.3. The van der Waals surface area contributed by atoms with Gasteiger partial charge in [0, 0.05) is 18.3 Å². The van der Waals surface area contributed by atoms with Crippen LogP contribution in [0.3, 0.4) is 0 Å². The average Bonchev–Trinajstić information content (AvgIpc) is 3.05. The van der Waals surface area contributed by atoms with E-state index in [2.05, 4.69) is 29.1 Å². The standard InChI is InChI=1S/C25H20N2O2/c1-4-21-23(26-2)22(24(25(28)29)27(21)3)18-14-12-17(13-15-18)20-11-7-9-16-8-5-6-10-19(16)20/h5-15H,4H2,1,3H3,(H,28,29). The molecule has 4 rings (SSSR count). The van der Waals surface area contributed by atoms with Gasteiger partial charge in [-0.2, -0.15) is 0 Å². The third-order valence-corrected chi connectivity index (χ3v) is 5.41. The minimum absolute atomic E-state index is 0.158. The summed E-state index contributed by atoms with van der Waals surface area (Å²) in [7, 11) is 1.71. The third-order valence-electron chi connectivity index (χ3n) is 5.41. The largest absolute Gasteiger partial charge is 0.477 e. The van der Waals surface area contributed by atoms with E-state index in [9.17, 15) is 9.90 Å². The maximum Gasteiger partial charge on any atom is 0.351 e. The van der Waals surface area contributed by atoms with Crippen LogP contribution in [0.2, 0.25) is 0 Å². The average molecular weight is 380 g/mol. The number of aromatic nitrogens is 1. The lowest BCUT2D eigenvalue weighted by Gasteiger charge is -2.09. The number of fused-ring (bicyclic) bond motifs is 1. The smallest absolute Gasteiger partial charge is 0.351 e. The number of aromatic carboxylic acids is 1. The lowest BCUT2D eigenvalue weighted by molar-refractivity contribution is 0.0687. The Bertz CT molecular complexity index is 1270. The molecule has 0 saturated heterocycles. The van der Waals surface area contributed by atoms with Crippen molar-refractivity contribution in [2.45, 2.75) is 13.3 Å². The Morgan fingerprint density at radius 2 is 1.66 bits per heavy atom. The fraction of sp³-hybridized carbons (Fsp3) is 0.120. The van der Waals surface area contributed by atoms with Crippen LogP contribution in [0.1, 0.15) is 23.1 Å². The molecule has 3 aromatic carbocycles. The first-order valence-corrected chi connectivity index (χ1v) is 9.47. The number of benzene rings is 3. The van der Waals surface area contributed by atoms with Gasteiger partial charge >= 0.3 is 5.97 Å². The molecule has 1 aromatic heterocycles. The molecule has 0 saturated carbocycles. The molecule has 4 nitrogen and oxygen atoms in total. The van der Waals surface area contributed by atoms with Crippen molar-refractivity contribution in [2.75, 3.05) is 0 Å². The molecule has 1 heterocycles. The molecule has 4 heteroatoms. The summed E-state index contributed by atoms with van der Waals surface area (Å²) >= 11 is 0. The maximum atomic E-state index is 11.9. The van der Waals surface area contributed by atoms with Crippen molar-refractivity contribution in [3.8, 4) is 22.3 Å². The second-order valence-corrected chi connectivity index (χ2v) is 6.95. The first kappa shape index (κ1) is 18.5. The van der Waals surface area contributed by atoms with E-state index in [1.165, 1.54) is 10.8 Å². The first-order valence-electron chi connectivity index (χ1n) is 9.47. The molecule has 0 aliphatic carbocycles. The van der Waals surface area contributed by atoms with Crippen LogP contribution in [0.5, 0.6) is 0 Å². The fourth-order valence-corrected chi connectivity index (χ4v) is 4.06. The SMILES string of the molecule is [C-]#[N+]c1c(-c2ccc(-c3cccc4ccccc34)cc2)c(C(=O)O)n(C)c1CC.